The smallest absolute Gasteiger partial charge is 0.339 e. The fourth-order valence-electron chi connectivity index (χ4n) is 6.26. The molecule has 0 bridgehead atoms. The number of hydrogen-bond donors (Lipinski definition) is 4. The molecule has 42 heavy (non-hydrogen) atoms. The summed E-state index contributed by atoms with van der Waals surface area (Å²) in [4.78, 5) is 62.7. The maximum atomic E-state index is 14.2. The highest BCUT2D eigenvalue weighted by atomic mass is 32.1. The summed E-state index contributed by atoms with van der Waals surface area (Å²) in [5.74, 6) is -0.396. The highest BCUT2D eigenvalue weighted by Crippen LogP contribution is 2.59. The van der Waals surface area contributed by atoms with Gasteiger partial charge in [0, 0.05) is 35.9 Å². The number of piperidine rings is 1. The van der Waals surface area contributed by atoms with E-state index in [2.05, 4.69) is 10.6 Å². The van der Waals surface area contributed by atoms with Crippen molar-refractivity contribution in [3.8, 4) is 0 Å². The molecule has 4 heterocycles. The Bertz CT molecular complexity index is 1440. The molecule has 2 aromatic rings. The number of amides is 3. The summed E-state index contributed by atoms with van der Waals surface area (Å²) in [6, 6.07) is 3.27. The lowest BCUT2D eigenvalue weighted by Gasteiger charge is -2.39. The van der Waals surface area contributed by atoms with E-state index in [4.69, 9.17) is 9.79 Å². The van der Waals surface area contributed by atoms with Gasteiger partial charge in [0.15, 0.2) is 0 Å². The van der Waals surface area contributed by atoms with Crippen LogP contribution < -0.4 is 10.6 Å². The minimum atomic E-state index is -5.75. The van der Waals surface area contributed by atoms with Crippen LogP contribution in [-0.4, -0.2) is 81.6 Å². The number of hydrogen-bond acceptors (Lipinski definition) is 6. The standard InChI is InChI=1S/C28H37F2N4O6PS/c1-27(2,3)23(26(37)34-11-4-5-20(34)25(36)33-12-9-16-8-10-31-19(16)15-33)32-24(35)22-14-17-13-18(6-7-21(17)42-22)28(29,30)41(38,39)40/h6-7,13-14,16,19-20,23,31H,4-5,8-12,15H2,1-3H3,(H,32,35)(H2,38,39,40)/t16-,19+,20+,23-/m1/s1. The molecular formula is C28H37F2N4O6PS. The third kappa shape index (κ3) is 5.86. The second-order valence-corrected chi connectivity index (χ2v) is 15.3. The van der Waals surface area contributed by atoms with E-state index in [1.807, 2.05) is 25.7 Å². The van der Waals surface area contributed by atoms with E-state index in [0.29, 0.717) is 43.1 Å². The largest absolute Gasteiger partial charge is 0.399 e. The molecule has 3 aliphatic heterocycles. The zero-order chi connectivity index (χ0) is 30.6. The summed E-state index contributed by atoms with van der Waals surface area (Å²) in [6.45, 7) is 8.14. The van der Waals surface area contributed by atoms with Gasteiger partial charge in [0.2, 0.25) is 11.8 Å². The molecule has 3 fully saturated rings. The van der Waals surface area contributed by atoms with Crippen LogP contribution in [0.1, 0.15) is 61.7 Å². The lowest BCUT2D eigenvalue weighted by Crippen LogP contribution is -2.59. The van der Waals surface area contributed by atoms with Gasteiger partial charge in [-0.25, -0.2) is 0 Å². The van der Waals surface area contributed by atoms with E-state index in [0.717, 1.165) is 42.9 Å². The summed E-state index contributed by atoms with van der Waals surface area (Å²) in [7, 11) is -5.75. The molecule has 1 aromatic heterocycles. The van der Waals surface area contributed by atoms with Crippen molar-refractivity contribution in [1.29, 1.82) is 0 Å². The lowest BCUT2D eigenvalue weighted by molar-refractivity contribution is -0.147. The number of nitrogens with one attached hydrogen (secondary N) is 2. The first-order chi connectivity index (χ1) is 19.6. The minimum Gasteiger partial charge on any atom is -0.339 e. The van der Waals surface area contributed by atoms with E-state index < -0.39 is 42.2 Å². The van der Waals surface area contributed by atoms with Gasteiger partial charge in [0.25, 0.3) is 5.91 Å². The quantitative estimate of drug-likeness (QED) is 0.360. The monoisotopic (exact) mass is 626 g/mol. The molecule has 3 amide bonds. The number of carbonyl (C=O) groups is 3. The first-order valence-corrected chi connectivity index (χ1v) is 16.6. The van der Waals surface area contributed by atoms with Gasteiger partial charge in [-0.1, -0.05) is 26.8 Å². The second-order valence-electron chi connectivity index (χ2n) is 12.6. The summed E-state index contributed by atoms with van der Waals surface area (Å²) >= 11 is 1.02. The van der Waals surface area contributed by atoms with Crippen molar-refractivity contribution < 1.29 is 37.5 Å². The molecule has 0 saturated carbocycles. The van der Waals surface area contributed by atoms with E-state index in [1.165, 1.54) is 12.1 Å². The Morgan fingerprint density at radius 1 is 1.12 bits per heavy atom. The van der Waals surface area contributed by atoms with Gasteiger partial charge in [-0.05, 0) is 67.1 Å². The van der Waals surface area contributed by atoms with Crippen LogP contribution in [0.2, 0.25) is 0 Å². The maximum absolute atomic E-state index is 14.2. The van der Waals surface area contributed by atoms with Crippen LogP contribution in [0.4, 0.5) is 8.78 Å². The number of thiophene rings is 1. The van der Waals surface area contributed by atoms with Gasteiger partial charge in [0.1, 0.15) is 12.1 Å². The Kier molecular flexibility index (Phi) is 8.30. The van der Waals surface area contributed by atoms with Gasteiger partial charge >= 0.3 is 13.3 Å². The van der Waals surface area contributed by atoms with Crippen molar-refractivity contribution in [3.63, 3.8) is 0 Å². The van der Waals surface area contributed by atoms with Crippen LogP contribution in [0.15, 0.2) is 24.3 Å². The summed E-state index contributed by atoms with van der Waals surface area (Å²) in [6.07, 6.45) is 3.31. The Morgan fingerprint density at radius 2 is 1.86 bits per heavy atom. The number of benzene rings is 1. The number of fused-ring (bicyclic) bond motifs is 2. The minimum absolute atomic E-state index is 0.0561. The first kappa shape index (κ1) is 31.0. The predicted molar refractivity (Wildman–Crippen MR) is 154 cm³/mol. The zero-order valence-electron chi connectivity index (χ0n) is 23.8. The van der Waals surface area contributed by atoms with Crippen LogP contribution in [0.5, 0.6) is 0 Å². The predicted octanol–water partition coefficient (Wildman–Crippen LogP) is 3.47. The second kappa shape index (κ2) is 11.2. The summed E-state index contributed by atoms with van der Waals surface area (Å²) < 4.78 is 40.3. The Balaban J connectivity index is 1.33. The third-order valence-electron chi connectivity index (χ3n) is 8.65. The van der Waals surface area contributed by atoms with Gasteiger partial charge in [-0.2, -0.15) is 8.78 Å². The molecule has 1 aromatic carbocycles. The fraction of sp³-hybridized carbons (Fsp3) is 0.607. The molecule has 0 radical (unpaired) electrons. The Labute approximate surface area is 247 Å². The molecule has 0 unspecified atom stereocenters. The van der Waals surface area contributed by atoms with E-state index in [-0.39, 0.29) is 28.1 Å². The molecule has 230 valence electrons. The van der Waals surface area contributed by atoms with Crippen molar-refractivity contribution >= 4 is 46.7 Å². The highest BCUT2D eigenvalue weighted by Gasteiger charge is 2.50. The zero-order valence-corrected chi connectivity index (χ0v) is 25.5. The van der Waals surface area contributed by atoms with Gasteiger partial charge < -0.3 is 30.2 Å². The molecule has 14 heteroatoms. The van der Waals surface area contributed by atoms with Crippen molar-refractivity contribution in [2.24, 2.45) is 11.3 Å². The maximum Gasteiger partial charge on any atom is 0.399 e. The Morgan fingerprint density at radius 3 is 2.55 bits per heavy atom. The van der Waals surface area contributed by atoms with E-state index >= 15 is 0 Å². The molecule has 3 aliphatic rings. The van der Waals surface area contributed by atoms with Crippen molar-refractivity contribution in [3.05, 3.63) is 34.7 Å². The lowest BCUT2D eigenvalue weighted by atomic mass is 9.85. The topological polar surface area (TPSA) is 139 Å². The van der Waals surface area contributed by atoms with E-state index in [9.17, 15) is 27.7 Å². The SMILES string of the molecule is CC(C)(C)[C@H](NC(=O)c1cc2cc(C(F)(F)P(=O)(O)O)ccc2s1)C(=O)N1CCC[C@H]1C(=O)N1CC[C@H]2CCN[C@H]2C1. The van der Waals surface area contributed by atoms with Crippen molar-refractivity contribution in [1.82, 2.24) is 20.4 Å². The Hall–Kier alpha value is -2.44. The summed E-state index contributed by atoms with van der Waals surface area (Å²) in [5.41, 5.74) is -5.93. The van der Waals surface area contributed by atoms with Crippen molar-refractivity contribution in [2.45, 2.75) is 70.2 Å². The molecule has 4 N–H and O–H groups in total. The molecule has 3 saturated heterocycles. The first-order valence-electron chi connectivity index (χ1n) is 14.2. The summed E-state index contributed by atoms with van der Waals surface area (Å²) in [5, 5.41) is 6.52. The molecule has 0 spiro atoms. The molecule has 10 nitrogen and oxygen atoms in total. The molecule has 5 rings (SSSR count). The average molecular weight is 627 g/mol. The highest BCUT2D eigenvalue weighted by molar-refractivity contribution is 7.52. The van der Waals surface area contributed by atoms with Gasteiger partial charge in [0.05, 0.1) is 4.88 Å². The normalized spacial score (nSPS) is 24.1. The third-order valence-corrected chi connectivity index (χ3v) is 10.8. The number of halogens is 2. The number of rotatable bonds is 6. The number of likely N-dealkylation sites (tertiary alicyclic amines) is 2. The van der Waals surface area contributed by atoms with Crippen LogP contribution in [0, 0.1) is 11.3 Å². The number of carbonyl (C=O) groups excluding carboxylic acids is 3. The number of alkyl halides is 2. The van der Waals surface area contributed by atoms with Crippen molar-refractivity contribution in [2.75, 3.05) is 26.2 Å². The molecule has 4 atom stereocenters. The van der Waals surface area contributed by atoms with Gasteiger partial charge in [-0.15, -0.1) is 11.3 Å². The van der Waals surface area contributed by atoms with Gasteiger partial charge in [-0.3, -0.25) is 18.9 Å². The van der Waals surface area contributed by atoms with Crippen LogP contribution in [0.3, 0.4) is 0 Å². The van der Waals surface area contributed by atoms with Crippen LogP contribution in [-0.2, 0) is 19.8 Å². The average Bonchev–Trinajstić information content (AvgIpc) is 3.67. The number of nitrogens with zero attached hydrogens (tertiary/aromatic N) is 2. The fourth-order valence-corrected chi connectivity index (χ4v) is 7.68. The van der Waals surface area contributed by atoms with Crippen LogP contribution >= 0.6 is 18.9 Å². The molecular weight excluding hydrogens is 589 g/mol. The van der Waals surface area contributed by atoms with E-state index in [1.54, 1.807) is 4.90 Å². The van der Waals surface area contributed by atoms with Crippen LogP contribution in [0.25, 0.3) is 10.1 Å². The molecule has 0 aliphatic carbocycles.